The maximum absolute atomic E-state index is 10.9. The van der Waals surface area contributed by atoms with Crippen molar-refractivity contribution in [2.24, 2.45) is 11.5 Å². The molecule has 0 aliphatic rings. The van der Waals surface area contributed by atoms with Gasteiger partial charge in [-0.25, -0.2) is 0 Å². The second kappa shape index (κ2) is 6.22. The van der Waals surface area contributed by atoms with Gasteiger partial charge in [0.1, 0.15) is 5.75 Å². The Morgan fingerprint density at radius 2 is 2.12 bits per heavy atom. The molecule has 17 heavy (non-hydrogen) atoms. The molecule has 1 rings (SSSR count). The van der Waals surface area contributed by atoms with Gasteiger partial charge >= 0.3 is 0 Å². The van der Waals surface area contributed by atoms with Crippen LogP contribution in [0.25, 0.3) is 0 Å². The zero-order valence-electron chi connectivity index (χ0n) is 10.2. The number of hydrogen-bond acceptors (Lipinski definition) is 4. The van der Waals surface area contributed by atoms with Crippen molar-refractivity contribution in [1.82, 2.24) is 4.90 Å². The molecule has 0 saturated carbocycles. The van der Waals surface area contributed by atoms with Crippen molar-refractivity contribution in [2.45, 2.75) is 6.04 Å². The van der Waals surface area contributed by atoms with Crippen molar-refractivity contribution in [1.29, 1.82) is 0 Å². The van der Waals surface area contributed by atoms with Crippen LogP contribution in [0.1, 0.15) is 11.6 Å². The van der Waals surface area contributed by atoms with E-state index in [0.717, 1.165) is 11.3 Å². The number of amides is 1. The molecule has 5 heteroatoms. The molecule has 0 aliphatic heterocycles. The first-order valence-corrected chi connectivity index (χ1v) is 5.41. The molecule has 1 unspecified atom stereocenters. The van der Waals surface area contributed by atoms with Crippen LogP contribution in [-0.2, 0) is 4.79 Å². The van der Waals surface area contributed by atoms with Gasteiger partial charge in [-0.3, -0.25) is 9.69 Å². The predicted molar refractivity (Wildman–Crippen MR) is 66.6 cm³/mol. The summed E-state index contributed by atoms with van der Waals surface area (Å²) in [7, 11) is 3.43. The quantitative estimate of drug-likeness (QED) is 0.736. The van der Waals surface area contributed by atoms with Crippen molar-refractivity contribution in [3.8, 4) is 5.75 Å². The number of carbonyl (C=O) groups excluding carboxylic acids is 1. The van der Waals surface area contributed by atoms with Crippen LogP contribution in [0, 0.1) is 0 Å². The van der Waals surface area contributed by atoms with Crippen LogP contribution in [0.4, 0.5) is 0 Å². The van der Waals surface area contributed by atoms with Gasteiger partial charge in [0, 0.05) is 12.1 Å². The van der Waals surface area contributed by atoms with Crippen LogP contribution in [0.15, 0.2) is 24.3 Å². The fraction of sp³-hybridized carbons (Fsp3) is 0.417. The van der Waals surface area contributed by atoms with E-state index in [1.165, 1.54) is 0 Å². The van der Waals surface area contributed by atoms with Gasteiger partial charge in [-0.15, -0.1) is 0 Å². The molecule has 0 heterocycles. The number of nitrogens with zero attached hydrogens (tertiary/aromatic N) is 1. The summed E-state index contributed by atoms with van der Waals surface area (Å²) in [5.41, 5.74) is 11.9. The lowest BCUT2D eigenvalue weighted by molar-refractivity contribution is -0.119. The zero-order valence-corrected chi connectivity index (χ0v) is 10.2. The molecule has 1 atom stereocenters. The Balaban J connectivity index is 2.96. The van der Waals surface area contributed by atoms with Gasteiger partial charge in [0.05, 0.1) is 19.7 Å². The Morgan fingerprint density at radius 1 is 1.47 bits per heavy atom. The molecule has 0 fully saturated rings. The van der Waals surface area contributed by atoms with Crippen molar-refractivity contribution in [3.63, 3.8) is 0 Å². The number of carbonyl (C=O) groups is 1. The van der Waals surface area contributed by atoms with E-state index in [0.29, 0.717) is 6.54 Å². The van der Waals surface area contributed by atoms with Crippen LogP contribution in [0.3, 0.4) is 0 Å². The van der Waals surface area contributed by atoms with E-state index in [4.69, 9.17) is 16.2 Å². The topological polar surface area (TPSA) is 81.6 Å². The fourth-order valence-electron chi connectivity index (χ4n) is 1.84. The molecule has 1 aromatic carbocycles. The number of para-hydroxylation sites is 1. The number of likely N-dealkylation sites (N-methyl/N-ethyl adjacent to an activating group) is 1. The minimum atomic E-state index is -0.374. The van der Waals surface area contributed by atoms with Gasteiger partial charge < -0.3 is 16.2 Å². The highest BCUT2D eigenvalue weighted by molar-refractivity contribution is 5.76. The number of primary amides is 1. The van der Waals surface area contributed by atoms with Gasteiger partial charge in [-0.05, 0) is 13.1 Å². The molecule has 0 radical (unpaired) electrons. The third kappa shape index (κ3) is 3.44. The van der Waals surface area contributed by atoms with Crippen LogP contribution in [0.5, 0.6) is 5.75 Å². The summed E-state index contributed by atoms with van der Waals surface area (Å²) in [6.07, 6.45) is 0. The van der Waals surface area contributed by atoms with Gasteiger partial charge in [0.25, 0.3) is 0 Å². The predicted octanol–water partition coefficient (Wildman–Crippen LogP) is 0.112. The second-order valence-electron chi connectivity index (χ2n) is 3.87. The van der Waals surface area contributed by atoms with Crippen LogP contribution < -0.4 is 16.2 Å². The van der Waals surface area contributed by atoms with Gasteiger partial charge in [0.2, 0.25) is 5.91 Å². The molecule has 5 nitrogen and oxygen atoms in total. The van der Waals surface area contributed by atoms with Crippen molar-refractivity contribution in [3.05, 3.63) is 29.8 Å². The SMILES string of the molecule is COc1ccccc1C(CN)N(C)CC(N)=O. The molecule has 1 aromatic rings. The summed E-state index contributed by atoms with van der Waals surface area (Å²) >= 11 is 0. The van der Waals surface area contributed by atoms with Crippen molar-refractivity contribution >= 4 is 5.91 Å². The number of ether oxygens (including phenoxy) is 1. The molecule has 1 amide bonds. The number of nitrogens with two attached hydrogens (primary N) is 2. The number of rotatable bonds is 6. The minimum Gasteiger partial charge on any atom is -0.496 e. The third-order valence-corrected chi connectivity index (χ3v) is 2.66. The average molecular weight is 237 g/mol. The van der Waals surface area contributed by atoms with E-state index in [2.05, 4.69) is 0 Å². The smallest absolute Gasteiger partial charge is 0.231 e. The highest BCUT2D eigenvalue weighted by atomic mass is 16.5. The average Bonchev–Trinajstić information content (AvgIpc) is 2.29. The van der Waals surface area contributed by atoms with E-state index in [1.807, 2.05) is 36.2 Å². The summed E-state index contributed by atoms with van der Waals surface area (Å²) in [5, 5.41) is 0. The second-order valence-corrected chi connectivity index (χ2v) is 3.87. The molecule has 0 bridgehead atoms. The van der Waals surface area contributed by atoms with Crippen LogP contribution >= 0.6 is 0 Å². The Labute approximate surface area is 101 Å². The maximum atomic E-state index is 10.9. The van der Waals surface area contributed by atoms with E-state index in [-0.39, 0.29) is 18.5 Å². The Kier molecular flexibility index (Phi) is 4.93. The van der Waals surface area contributed by atoms with E-state index in [1.54, 1.807) is 7.11 Å². The lowest BCUT2D eigenvalue weighted by Gasteiger charge is -2.27. The summed E-state index contributed by atoms with van der Waals surface area (Å²) in [6.45, 7) is 0.560. The molecule has 94 valence electrons. The van der Waals surface area contributed by atoms with E-state index >= 15 is 0 Å². The Bertz CT molecular complexity index is 382. The summed E-state index contributed by atoms with van der Waals surface area (Å²) in [4.78, 5) is 12.7. The van der Waals surface area contributed by atoms with E-state index in [9.17, 15) is 4.79 Å². The molecule has 0 saturated heterocycles. The number of hydrogen-bond donors (Lipinski definition) is 2. The largest absolute Gasteiger partial charge is 0.496 e. The molecule has 0 aromatic heterocycles. The van der Waals surface area contributed by atoms with Gasteiger partial charge in [-0.2, -0.15) is 0 Å². The maximum Gasteiger partial charge on any atom is 0.231 e. The highest BCUT2D eigenvalue weighted by Gasteiger charge is 2.19. The summed E-state index contributed by atoms with van der Waals surface area (Å²) in [5.74, 6) is 0.389. The first-order chi connectivity index (χ1) is 8.10. The van der Waals surface area contributed by atoms with Crippen LogP contribution in [0.2, 0.25) is 0 Å². The van der Waals surface area contributed by atoms with Gasteiger partial charge in [-0.1, -0.05) is 18.2 Å². The summed E-state index contributed by atoms with van der Waals surface area (Å²) in [6, 6.07) is 7.53. The first-order valence-electron chi connectivity index (χ1n) is 5.41. The lowest BCUT2D eigenvalue weighted by Crippen LogP contribution is -2.37. The van der Waals surface area contributed by atoms with E-state index < -0.39 is 0 Å². The Hall–Kier alpha value is -1.59. The molecule has 4 N–H and O–H groups in total. The third-order valence-electron chi connectivity index (χ3n) is 2.66. The molecule has 0 spiro atoms. The zero-order chi connectivity index (χ0) is 12.8. The lowest BCUT2D eigenvalue weighted by atomic mass is 10.0. The van der Waals surface area contributed by atoms with Crippen molar-refractivity contribution in [2.75, 3.05) is 27.2 Å². The Morgan fingerprint density at radius 3 is 2.65 bits per heavy atom. The van der Waals surface area contributed by atoms with Crippen molar-refractivity contribution < 1.29 is 9.53 Å². The molecular weight excluding hydrogens is 218 g/mol. The normalized spacial score (nSPS) is 12.5. The van der Waals surface area contributed by atoms with Gasteiger partial charge in [0.15, 0.2) is 0 Å². The molecular formula is C12H19N3O2. The fourth-order valence-corrected chi connectivity index (χ4v) is 1.84. The summed E-state index contributed by atoms with van der Waals surface area (Å²) < 4.78 is 5.28. The molecule has 0 aliphatic carbocycles. The monoisotopic (exact) mass is 237 g/mol. The minimum absolute atomic E-state index is 0.0846. The highest BCUT2D eigenvalue weighted by Crippen LogP contribution is 2.27. The standard InChI is InChI=1S/C12H19N3O2/c1-15(8-12(14)16)10(7-13)9-5-3-4-6-11(9)17-2/h3-6,10H,7-8,13H2,1-2H3,(H2,14,16). The first kappa shape index (κ1) is 13.5. The number of benzene rings is 1. The van der Waals surface area contributed by atoms with Crippen LogP contribution in [-0.4, -0.2) is 38.1 Å². The number of methoxy groups -OCH3 is 1.